The molecule has 0 unspecified atom stereocenters. The number of morpholine rings is 1. The monoisotopic (exact) mass is 533 g/mol. The third kappa shape index (κ3) is 6.75. The molecule has 3 aromatic rings. The molecule has 3 heterocycles. The molecule has 1 aromatic heterocycles. The van der Waals surface area contributed by atoms with Crippen LogP contribution in [-0.2, 0) is 16.1 Å². The number of hydrogen-bond acceptors (Lipinski definition) is 9. The lowest BCUT2D eigenvalue weighted by molar-refractivity contribution is -0.108. The van der Waals surface area contributed by atoms with Crippen LogP contribution in [0.2, 0.25) is 0 Å². The van der Waals surface area contributed by atoms with Gasteiger partial charge in [0.2, 0.25) is 6.41 Å². The van der Waals surface area contributed by atoms with E-state index in [4.69, 9.17) is 18.9 Å². The van der Waals surface area contributed by atoms with E-state index in [2.05, 4.69) is 25.4 Å². The quantitative estimate of drug-likeness (QED) is 0.401. The fourth-order valence-corrected chi connectivity index (χ4v) is 4.55. The number of nitrogens with zero attached hydrogens (tertiary/aromatic N) is 3. The SMILES string of the molecule is COc1ccc2c(c1)OCN(C[C@H](NC(=O)NC=O)c1ccc(Oc3ccc(N4CCOCC4)nc3)cc1)C2. The molecular weight excluding hydrogens is 502 g/mol. The Kier molecular flexibility index (Phi) is 8.39. The van der Waals surface area contributed by atoms with Gasteiger partial charge < -0.3 is 29.2 Å². The van der Waals surface area contributed by atoms with Gasteiger partial charge in [0, 0.05) is 37.8 Å². The number of methoxy groups -OCH3 is 1. The van der Waals surface area contributed by atoms with Crippen LogP contribution < -0.4 is 29.7 Å². The summed E-state index contributed by atoms with van der Waals surface area (Å²) in [5.41, 5.74) is 1.87. The molecule has 1 atom stereocenters. The van der Waals surface area contributed by atoms with Crippen LogP contribution in [0.3, 0.4) is 0 Å². The Hall–Kier alpha value is -4.35. The van der Waals surface area contributed by atoms with Crippen molar-refractivity contribution in [2.24, 2.45) is 0 Å². The van der Waals surface area contributed by atoms with Crippen molar-refractivity contribution in [2.75, 3.05) is 51.6 Å². The molecule has 1 saturated heterocycles. The van der Waals surface area contributed by atoms with Crippen molar-refractivity contribution in [3.63, 3.8) is 0 Å². The summed E-state index contributed by atoms with van der Waals surface area (Å²) in [5.74, 6) is 3.67. The van der Waals surface area contributed by atoms with Crippen molar-refractivity contribution in [2.45, 2.75) is 12.6 Å². The van der Waals surface area contributed by atoms with E-state index in [-0.39, 0.29) is 0 Å². The van der Waals surface area contributed by atoms with Gasteiger partial charge in [-0.15, -0.1) is 0 Å². The first-order valence-corrected chi connectivity index (χ1v) is 12.7. The molecular formula is C28H31N5O6. The van der Waals surface area contributed by atoms with Crippen LogP contribution in [-0.4, -0.2) is 69.0 Å². The molecule has 204 valence electrons. The lowest BCUT2D eigenvalue weighted by Crippen LogP contribution is -2.44. The van der Waals surface area contributed by atoms with Crippen LogP contribution >= 0.6 is 0 Å². The highest BCUT2D eigenvalue weighted by atomic mass is 16.5. The highest BCUT2D eigenvalue weighted by Gasteiger charge is 2.23. The fourth-order valence-electron chi connectivity index (χ4n) is 4.55. The molecule has 0 radical (unpaired) electrons. The Morgan fingerprint density at radius 1 is 1.08 bits per heavy atom. The zero-order valence-electron chi connectivity index (χ0n) is 21.7. The third-order valence-corrected chi connectivity index (χ3v) is 6.58. The molecule has 11 heteroatoms. The zero-order valence-corrected chi connectivity index (χ0v) is 21.7. The van der Waals surface area contributed by atoms with Gasteiger partial charge in [0.05, 0.1) is 32.6 Å². The van der Waals surface area contributed by atoms with Gasteiger partial charge in [-0.3, -0.25) is 15.0 Å². The molecule has 2 N–H and O–H groups in total. The van der Waals surface area contributed by atoms with Crippen molar-refractivity contribution < 1.29 is 28.5 Å². The lowest BCUT2D eigenvalue weighted by Gasteiger charge is -2.32. The molecule has 0 saturated carbocycles. The summed E-state index contributed by atoms with van der Waals surface area (Å²) in [6, 6.07) is 16.0. The highest BCUT2D eigenvalue weighted by molar-refractivity contribution is 5.84. The molecule has 2 aliphatic heterocycles. The number of hydrogen-bond donors (Lipinski definition) is 2. The smallest absolute Gasteiger partial charge is 0.321 e. The van der Waals surface area contributed by atoms with E-state index in [0.717, 1.165) is 41.5 Å². The molecule has 3 amide bonds. The van der Waals surface area contributed by atoms with Gasteiger partial charge in [-0.2, -0.15) is 0 Å². The first-order valence-electron chi connectivity index (χ1n) is 12.7. The standard InChI is InChI=1S/C28H31N5O6/c1-36-23-7-4-21-16-32(19-38-26(21)14-23)17-25(31-28(35)30-18-34)20-2-5-22(6-3-20)39-24-8-9-27(29-15-24)33-10-12-37-13-11-33/h2-9,14-15,18,25H,10-13,16-17,19H2,1H3,(H2,30,31,34,35)/t25-/m0/s1. The first kappa shape index (κ1) is 26.3. The van der Waals surface area contributed by atoms with Crippen molar-refractivity contribution >= 4 is 18.3 Å². The minimum atomic E-state index is -0.579. The van der Waals surface area contributed by atoms with E-state index in [1.165, 1.54) is 0 Å². The fraction of sp³-hybridized carbons (Fsp3) is 0.321. The van der Waals surface area contributed by atoms with E-state index in [9.17, 15) is 9.59 Å². The number of ether oxygens (including phenoxy) is 4. The molecule has 2 aromatic carbocycles. The normalized spacial score (nSPS) is 15.9. The van der Waals surface area contributed by atoms with Crippen LogP contribution in [0.1, 0.15) is 17.2 Å². The molecule has 5 rings (SSSR count). The summed E-state index contributed by atoms with van der Waals surface area (Å²) in [6.45, 7) is 4.49. The number of imide groups is 1. The third-order valence-electron chi connectivity index (χ3n) is 6.58. The van der Waals surface area contributed by atoms with Crippen molar-refractivity contribution in [1.29, 1.82) is 0 Å². The van der Waals surface area contributed by atoms with Gasteiger partial charge in [0.25, 0.3) is 0 Å². The number of fused-ring (bicyclic) bond motifs is 1. The number of urea groups is 1. The maximum Gasteiger partial charge on any atom is 0.321 e. The number of rotatable bonds is 9. The maximum atomic E-state index is 12.2. The van der Waals surface area contributed by atoms with E-state index in [0.29, 0.717) is 50.9 Å². The van der Waals surface area contributed by atoms with Gasteiger partial charge in [0.1, 0.15) is 35.5 Å². The molecule has 2 aliphatic rings. The Morgan fingerprint density at radius 3 is 2.56 bits per heavy atom. The average molecular weight is 534 g/mol. The molecule has 0 aliphatic carbocycles. The van der Waals surface area contributed by atoms with E-state index in [1.807, 2.05) is 54.6 Å². The number of anilines is 1. The molecule has 1 fully saturated rings. The van der Waals surface area contributed by atoms with Crippen molar-refractivity contribution in [3.8, 4) is 23.0 Å². The van der Waals surface area contributed by atoms with Gasteiger partial charge in [-0.05, 0) is 35.9 Å². The Labute approximate surface area is 226 Å². The summed E-state index contributed by atoms with van der Waals surface area (Å²) in [4.78, 5) is 31.8. The van der Waals surface area contributed by atoms with Crippen LogP contribution in [0.15, 0.2) is 60.8 Å². The largest absolute Gasteiger partial charge is 0.497 e. The van der Waals surface area contributed by atoms with Crippen LogP contribution in [0, 0.1) is 0 Å². The Morgan fingerprint density at radius 2 is 1.85 bits per heavy atom. The minimum Gasteiger partial charge on any atom is -0.497 e. The maximum absolute atomic E-state index is 12.2. The Balaban J connectivity index is 1.25. The van der Waals surface area contributed by atoms with E-state index < -0.39 is 12.1 Å². The van der Waals surface area contributed by atoms with Gasteiger partial charge in [0.15, 0.2) is 0 Å². The molecule has 11 nitrogen and oxygen atoms in total. The number of carbonyl (C=O) groups is 2. The van der Waals surface area contributed by atoms with E-state index in [1.54, 1.807) is 13.3 Å². The number of nitrogens with one attached hydrogen (secondary N) is 2. The summed E-state index contributed by atoms with van der Waals surface area (Å²) < 4.78 is 22.6. The summed E-state index contributed by atoms with van der Waals surface area (Å²) in [7, 11) is 1.62. The molecule has 0 spiro atoms. The number of aromatic nitrogens is 1. The van der Waals surface area contributed by atoms with Gasteiger partial charge in [-0.25, -0.2) is 9.78 Å². The van der Waals surface area contributed by atoms with Crippen LogP contribution in [0.4, 0.5) is 10.6 Å². The van der Waals surface area contributed by atoms with Gasteiger partial charge >= 0.3 is 6.03 Å². The van der Waals surface area contributed by atoms with Gasteiger partial charge in [-0.1, -0.05) is 18.2 Å². The predicted octanol–water partition coefficient (Wildman–Crippen LogP) is 3.07. The number of benzene rings is 2. The predicted molar refractivity (Wildman–Crippen MR) is 143 cm³/mol. The lowest BCUT2D eigenvalue weighted by atomic mass is 10.1. The van der Waals surface area contributed by atoms with E-state index >= 15 is 0 Å². The number of amides is 3. The second-order valence-electron chi connectivity index (χ2n) is 9.17. The number of pyridine rings is 1. The summed E-state index contributed by atoms with van der Waals surface area (Å²) in [5, 5.41) is 5.01. The second kappa shape index (κ2) is 12.5. The minimum absolute atomic E-state index is 0.349. The Bertz CT molecular complexity index is 1260. The number of carbonyl (C=O) groups excluding carboxylic acids is 2. The van der Waals surface area contributed by atoms with Crippen LogP contribution in [0.5, 0.6) is 23.0 Å². The zero-order chi connectivity index (χ0) is 27.0. The highest BCUT2D eigenvalue weighted by Crippen LogP contribution is 2.31. The second-order valence-corrected chi connectivity index (χ2v) is 9.17. The van der Waals surface area contributed by atoms with Crippen molar-refractivity contribution in [3.05, 3.63) is 71.9 Å². The first-order chi connectivity index (χ1) is 19.1. The topological polar surface area (TPSA) is 114 Å². The average Bonchev–Trinajstić information content (AvgIpc) is 2.98. The van der Waals surface area contributed by atoms with Crippen molar-refractivity contribution in [1.82, 2.24) is 20.5 Å². The molecule has 0 bridgehead atoms. The molecule has 39 heavy (non-hydrogen) atoms. The van der Waals surface area contributed by atoms with Crippen LogP contribution in [0.25, 0.3) is 0 Å². The summed E-state index contributed by atoms with van der Waals surface area (Å²) >= 11 is 0. The summed E-state index contributed by atoms with van der Waals surface area (Å²) in [6.07, 6.45) is 2.06.